The standard InChI is InChI=1S/C22H20ClF2N5/c23-16-6-4-15(5-7-16)17-13-26-20(27-17)21-28-18(19-3-1-2-10-30(19)21)14-29-11-8-22(24,25)9-12-29/h1-7,10,13H,8-9,11-12,14H2,(H,26,27). The van der Waals surface area contributed by atoms with E-state index in [1.54, 1.807) is 6.20 Å². The van der Waals surface area contributed by atoms with Crippen LogP contribution in [-0.4, -0.2) is 43.3 Å². The number of pyridine rings is 1. The number of alkyl halides is 2. The van der Waals surface area contributed by atoms with Crippen LogP contribution >= 0.6 is 11.6 Å². The minimum absolute atomic E-state index is 0.103. The van der Waals surface area contributed by atoms with Crippen LogP contribution in [0.4, 0.5) is 8.78 Å². The van der Waals surface area contributed by atoms with Crippen molar-refractivity contribution in [1.82, 2.24) is 24.3 Å². The van der Waals surface area contributed by atoms with E-state index < -0.39 is 5.92 Å². The Labute approximate surface area is 177 Å². The monoisotopic (exact) mass is 427 g/mol. The third-order valence-electron chi connectivity index (χ3n) is 5.53. The van der Waals surface area contributed by atoms with Gasteiger partial charge in [0.1, 0.15) is 0 Å². The average molecular weight is 428 g/mol. The molecule has 0 radical (unpaired) electrons. The molecule has 1 N–H and O–H groups in total. The van der Waals surface area contributed by atoms with Crippen molar-refractivity contribution >= 4 is 17.1 Å². The number of aromatic nitrogens is 4. The van der Waals surface area contributed by atoms with E-state index in [1.807, 2.05) is 58.0 Å². The van der Waals surface area contributed by atoms with Gasteiger partial charge in [-0.3, -0.25) is 9.30 Å². The maximum Gasteiger partial charge on any atom is 0.250 e. The molecule has 5 nitrogen and oxygen atoms in total. The molecule has 4 heterocycles. The van der Waals surface area contributed by atoms with E-state index in [2.05, 4.69) is 9.97 Å². The summed E-state index contributed by atoms with van der Waals surface area (Å²) in [6.45, 7) is 1.28. The second-order valence-electron chi connectivity index (χ2n) is 7.62. The Morgan fingerprint density at radius 2 is 1.83 bits per heavy atom. The topological polar surface area (TPSA) is 49.2 Å². The van der Waals surface area contributed by atoms with Gasteiger partial charge in [0.15, 0.2) is 11.6 Å². The Balaban J connectivity index is 1.46. The summed E-state index contributed by atoms with van der Waals surface area (Å²) in [4.78, 5) is 14.7. The maximum atomic E-state index is 13.5. The van der Waals surface area contributed by atoms with Crippen molar-refractivity contribution in [3.05, 3.63) is 65.6 Å². The van der Waals surface area contributed by atoms with Crippen LogP contribution in [0, 0.1) is 0 Å². The highest BCUT2D eigenvalue weighted by Crippen LogP contribution is 2.30. The largest absolute Gasteiger partial charge is 0.335 e. The lowest BCUT2D eigenvalue weighted by atomic mass is 10.1. The van der Waals surface area contributed by atoms with Crippen molar-refractivity contribution in [2.24, 2.45) is 0 Å². The molecule has 1 aliphatic rings. The number of imidazole rings is 2. The molecule has 1 fully saturated rings. The van der Waals surface area contributed by atoms with E-state index in [1.165, 1.54) is 0 Å². The number of rotatable bonds is 4. The van der Waals surface area contributed by atoms with E-state index in [9.17, 15) is 8.78 Å². The Morgan fingerprint density at radius 3 is 2.60 bits per heavy atom. The molecule has 0 aliphatic carbocycles. The molecule has 3 aromatic heterocycles. The van der Waals surface area contributed by atoms with E-state index in [0.29, 0.717) is 36.3 Å². The van der Waals surface area contributed by atoms with Crippen LogP contribution in [-0.2, 0) is 6.54 Å². The number of benzene rings is 1. The molecule has 0 saturated carbocycles. The number of fused-ring (bicyclic) bond motifs is 1. The van der Waals surface area contributed by atoms with E-state index in [-0.39, 0.29) is 12.8 Å². The lowest BCUT2D eigenvalue weighted by Crippen LogP contribution is -2.38. The molecule has 4 aromatic rings. The fourth-order valence-corrected chi connectivity index (χ4v) is 3.97. The van der Waals surface area contributed by atoms with Gasteiger partial charge in [-0.15, -0.1) is 0 Å². The second-order valence-corrected chi connectivity index (χ2v) is 8.06. The van der Waals surface area contributed by atoms with Gasteiger partial charge >= 0.3 is 0 Å². The van der Waals surface area contributed by atoms with Gasteiger partial charge in [0.05, 0.1) is 23.1 Å². The number of halogens is 3. The van der Waals surface area contributed by atoms with Crippen molar-refractivity contribution in [1.29, 1.82) is 0 Å². The maximum absolute atomic E-state index is 13.5. The number of piperidine rings is 1. The van der Waals surface area contributed by atoms with Crippen LogP contribution in [0.2, 0.25) is 5.02 Å². The van der Waals surface area contributed by atoms with Crippen LogP contribution in [0.15, 0.2) is 54.9 Å². The fraction of sp³-hybridized carbons (Fsp3) is 0.273. The summed E-state index contributed by atoms with van der Waals surface area (Å²) in [6, 6.07) is 13.4. The molecule has 0 atom stereocenters. The SMILES string of the molecule is FC1(F)CCN(Cc2nc(-c3ncc(-c4ccc(Cl)cc4)[nH]3)n3ccccc23)CC1. The summed E-state index contributed by atoms with van der Waals surface area (Å²) in [5.41, 5.74) is 3.66. The summed E-state index contributed by atoms with van der Waals surface area (Å²) in [5, 5.41) is 0.679. The van der Waals surface area contributed by atoms with E-state index in [0.717, 1.165) is 22.5 Å². The molecule has 8 heteroatoms. The van der Waals surface area contributed by atoms with E-state index in [4.69, 9.17) is 16.6 Å². The predicted molar refractivity (Wildman–Crippen MR) is 113 cm³/mol. The summed E-state index contributed by atoms with van der Waals surface area (Å²) in [5.74, 6) is -1.20. The average Bonchev–Trinajstić information content (AvgIpc) is 3.36. The molecule has 0 unspecified atom stereocenters. The molecule has 1 aliphatic heterocycles. The zero-order chi connectivity index (χ0) is 20.7. The smallest absolute Gasteiger partial charge is 0.250 e. The quantitative estimate of drug-likeness (QED) is 0.482. The van der Waals surface area contributed by atoms with Crippen LogP contribution < -0.4 is 0 Å². The lowest BCUT2D eigenvalue weighted by Gasteiger charge is -2.31. The summed E-state index contributed by atoms with van der Waals surface area (Å²) < 4.78 is 29.0. The first-order valence-corrected chi connectivity index (χ1v) is 10.2. The minimum Gasteiger partial charge on any atom is -0.335 e. The summed E-state index contributed by atoms with van der Waals surface area (Å²) in [6.07, 6.45) is 3.51. The van der Waals surface area contributed by atoms with Gasteiger partial charge in [-0.1, -0.05) is 29.8 Å². The summed E-state index contributed by atoms with van der Waals surface area (Å²) >= 11 is 5.98. The molecule has 5 rings (SSSR count). The zero-order valence-corrected chi connectivity index (χ0v) is 16.9. The molecular weight excluding hydrogens is 408 g/mol. The Hall–Kier alpha value is -2.77. The van der Waals surface area contributed by atoms with Crippen LogP contribution in [0.5, 0.6) is 0 Å². The Kier molecular flexibility index (Phi) is 4.79. The molecular formula is C22H20ClF2N5. The molecule has 30 heavy (non-hydrogen) atoms. The number of aromatic amines is 1. The van der Waals surface area contributed by atoms with Crippen molar-refractivity contribution < 1.29 is 8.78 Å². The molecule has 0 amide bonds. The molecule has 1 aromatic carbocycles. The van der Waals surface area contributed by atoms with Crippen LogP contribution in [0.25, 0.3) is 28.4 Å². The number of nitrogens with zero attached hydrogens (tertiary/aromatic N) is 4. The molecule has 154 valence electrons. The van der Waals surface area contributed by atoms with E-state index >= 15 is 0 Å². The zero-order valence-electron chi connectivity index (χ0n) is 16.2. The number of hydrogen-bond acceptors (Lipinski definition) is 3. The number of likely N-dealkylation sites (tertiary alicyclic amines) is 1. The predicted octanol–water partition coefficient (Wildman–Crippen LogP) is 5.28. The van der Waals surface area contributed by atoms with Gasteiger partial charge < -0.3 is 4.98 Å². The third kappa shape index (κ3) is 3.70. The molecule has 1 saturated heterocycles. The van der Waals surface area contributed by atoms with Gasteiger partial charge in [0.25, 0.3) is 5.92 Å². The highest BCUT2D eigenvalue weighted by Gasteiger charge is 2.34. The lowest BCUT2D eigenvalue weighted by molar-refractivity contribution is -0.0567. The van der Waals surface area contributed by atoms with Gasteiger partial charge in [0.2, 0.25) is 0 Å². The van der Waals surface area contributed by atoms with Crippen molar-refractivity contribution in [2.75, 3.05) is 13.1 Å². The van der Waals surface area contributed by atoms with Crippen molar-refractivity contribution in [3.63, 3.8) is 0 Å². The first kappa shape index (κ1) is 19.2. The number of H-pyrrole nitrogens is 1. The summed E-state index contributed by atoms with van der Waals surface area (Å²) in [7, 11) is 0. The highest BCUT2D eigenvalue weighted by atomic mass is 35.5. The molecule has 0 bridgehead atoms. The minimum atomic E-state index is -2.55. The van der Waals surface area contributed by atoms with Gasteiger partial charge in [-0.2, -0.15) is 0 Å². The normalized spacial score (nSPS) is 16.9. The second kappa shape index (κ2) is 7.49. The molecule has 0 spiro atoms. The Morgan fingerprint density at radius 1 is 1.07 bits per heavy atom. The number of nitrogens with one attached hydrogen (secondary N) is 1. The van der Waals surface area contributed by atoms with Gasteiger partial charge in [-0.25, -0.2) is 18.7 Å². The first-order valence-electron chi connectivity index (χ1n) is 9.86. The van der Waals surface area contributed by atoms with Crippen LogP contribution in [0.1, 0.15) is 18.5 Å². The first-order chi connectivity index (χ1) is 14.5. The highest BCUT2D eigenvalue weighted by molar-refractivity contribution is 6.30. The van der Waals surface area contributed by atoms with Crippen LogP contribution in [0.3, 0.4) is 0 Å². The van der Waals surface area contributed by atoms with Crippen molar-refractivity contribution in [2.45, 2.75) is 25.3 Å². The fourth-order valence-electron chi connectivity index (χ4n) is 3.85. The van der Waals surface area contributed by atoms with Gasteiger partial charge in [-0.05, 0) is 29.8 Å². The van der Waals surface area contributed by atoms with Gasteiger partial charge in [0, 0.05) is 43.7 Å². The third-order valence-corrected chi connectivity index (χ3v) is 5.78. The van der Waals surface area contributed by atoms with Crippen molar-refractivity contribution in [3.8, 4) is 22.9 Å². The Bertz CT molecular complexity index is 1170. The number of hydrogen-bond donors (Lipinski definition) is 1.